The number of aromatic nitrogens is 4. The van der Waals surface area contributed by atoms with Crippen molar-refractivity contribution in [2.45, 2.75) is 33.2 Å². The second-order valence-corrected chi connectivity index (χ2v) is 8.71. The standard InChI is InChI=1S/C22H23ClN4O2/c1-22(2,3)19(11-20(28)29-4)27-18-10-15(23)7-8-16(18)25-21(27)13-5-6-14-12-24-26-17(14)9-13/h5-10,12,19H,11H2,1-4H3,(H,24,26). The number of H-pyrrole nitrogens is 1. The van der Waals surface area contributed by atoms with E-state index in [2.05, 4.69) is 35.5 Å². The molecule has 150 valence electrons. The number of fused-ring (bicyclic) bond motifs is 2. The normalized spacial score (nSPS) is 13.1. The molecule has 0 amide bonds. The summed E-state index contributed by atoms with van der Waals surface area (Å²) in [5, 5.41) is 8.77. The van der Waals surface area contributed by atoms with Crippen LogP contribution in [0.4, 0.5) is 0 Å². The van der Waals surface area contributed by atoms with Gasteiger partial charge in [0.15, 0.2) is 0 Å². The van der Waals surface area contributed by atoms with Gasteiger partial charge in [0.25, 0.3) is 0 Å². The highest BCUT2D eigenvalue weighted by molar-refractivity contribution is 6.31. The minimum atomic E-state index is -0.260. The molecule has 6 nitrogen and oxygen atoms in total. The number of carbonyl (C=O) groups is 1. The van der Waals surface area contributed by atoms with Crippen LogP contribution in [-0.2, 0) is 9.53 Å². The number of ether oxygens (including phenoxy) is 1. The predicted octanol–water partition coefficient (Wildman–Crippen LogP) is 5.38. The van der Waals surface area contributed by atoms with Crippen LogP contribution < -0.4 is 0 Å². The monoisotopic (exact) mass is 410 g/mol. The summed E-state index contributed by atoms with van der Waals surface area (Å²) in [6.45, 7) is 6.33. The first kappa shape index (κ1) is 19.5. The second kappa shape index (κ2) is 7.19. The van der Waals surface area contributed by atoms with Gasteiger partial charge in [0, 0.05) is 16.0 Å². The average molecular weight is 411 g/mol. The molecule has 0 aliphatic carbocycles. The van der Waals surface area contributed by atoms with Crippen molar-refractivity contribution in [3.05, 3.63) is 47.6 Å². The van der Waals surface area contributed by atoms with Crippen molar-refractivity contribution in [1.29, 1.82) is 0 Å². The Labute approximate surface area is 173 Å². The maximum atomic E-state index is 12.3. The molecule has 7 heteroatoms. The summed E-state index contributed by atoms with van der Waals surface area (Å²) < 4.78 is 7.11. The predicted molar refractivity (Wildman–Crippen MR) is 115 cm³/mol. The second-order valence-electron chi connectivity index (χ2n) is 8.27. The molecule has 1 atom stereocenters. The number of nitrogens with one attached hydrogen (secondary N) is 1. The zero-order chi connectivity index (χ0) is 20.8. The van der Waals surface area contributed by atoms with Crippen molar-refractivity contribution in [2.75, 3.05) is 7.11 Å². The third-order valence-electron chi connectivity index (χ3n) is 5.25. The molecule has 29 heavy (non-hydrogen) atoms. The Bertz CT molecular complexity index is 1200. The zero-order valence-corrected chi connectivity index (χ0v) is 17.6. The molecule has 1 unspecified atom stereocenters. The Hall–Kier alpha value is -2.86. The smallest absolute Gasteiger partial charge is 0.307 e. The van der Waals surface area contributed by atoms with E-state index in [0.29, 0.717) is 5.02 Å². The molecule has 2 aromatic carbocycles. The molecule has 0 spiro atoms. The fourth-order valence-electron chi connectivity index (χ4n) is 3.69. The quantitative estimate of drug-likeness (QED) is 0.458. The minimum absolute atomic E-state index is 0.175. The molecule has 0 radical (unpaired) electrons. The first-order valence-corrected chi connectivity index (χ1v) is 9.83. The number of rotatable bonds is 4. The van der Waals surface area contributed by atoms with E-state index < -0.39 is 0 Å². The van der Waals surface area contributed by atoms with E-state index in [1.54, 1.807) is 6.20 Å². The van der Waals surface area contributed by atoms with Crippen molar-refractivity contribution >= 4 is 39.5 Å². The number of nitrogens with zero attached hydrogens (tertiary/aromatic N) is 3. The Kier molecular flexibility index (Phi) is 4.82. The van der Waals surface area contributed by atoms with Crippen LogP contribution in [0.5, 0.6) is 0 Å². The highest BCUT2D eigenvalue weighted by Crippen LogP contribution is 2.40. The maximum absolute atomic E-state index is 12.3. The molecule has 0 fully saturated rings. The molecule has 2 aromatic heterocycles. The molecule has 0 saturated carbocycles. The number of methoxy groups -OCH3 is 1. The van der Waals surface area contributed by atoms with Crippen LogP contribution in [0.1, 0.15) is 33.2 Å². The molecular weight excluding hydrogens is 388 g/mol. The molecule has 0 aliphatic heterocycles. The zero-order valence-electron chi connectivity index (χ0n) is 16.9. The van der Waals surface area contributed by atoms with Gasteiger partial charge in [-0.1, -0.05) is 44.5 Å². The molecule has 4 aromatic rings. The number of aromatic amines is 1. The lowest BCUT2D eigenvalue weighted by molar-refractivity contribution is -0.142. The molecule has 0 saturated heterocycles. The molecule has 4 rings (SSSR count). The van der Waals surface area contributed by atoms with Gasteiger partial charge in [0.1, 0.15) is 5.82 Å². The number of hydrogen-bond acceptors (Lipinski definition) is 4. The summed E-state index contributed by atoms with van der Waals surface area (Å²) >= 11 is 6.32. The molecule has 0 aliphatic rings. The van der Waals surface area contributed by atoms with Crippen molar-refractivity contribution in [2.24, 2.45) is 5.41 Å². The van der Waals surface area contributed by atoms with Crippen molar-refractivity contribution in [1.82, 2.24) is 19.7 Å². The van der Waals surface area contributed by atoms with E-state index >= 15 is 0 Å². The van der Waals surface area contributed by atoms with Crippen LogP contribution in [0.15, 0.2) is 42.6 Å². The number of imidazole rings is 1. The fourth-order valence-corrected chi connectivity index (χ4v) is 3.85. The number of carbonyl (C=O) groups excluding carboxylic acids is 1. The molecular formula is C22H23ClN4O2. The van der Waals surface area contributed by atoms with E-state index in [1.165, 1.54) is 7.11 Å². The van der Waals surface area contributed by atoms with E-state index in [-0.39, 0.29) is 23.8 Å². The van der Waals surface area contributed by atoms with Crippen LogP contribution >= 0.6 is 11.6 Å². The highest BCUT2D eigenvalue weighted by Gasteiger charge is 2.32. The third kappa shape index (κ3) is 3.60. The van der Waals surface area contributed by atoms with Gasteiger partial charge in [0.05, 0.1) is 42.3 Å². The van der Waals surface area contributed by atoms with Crippen LogP contribution in [0, 0.1) is 5.41 Å². The fraction of sp³-hybridized carbons (Fsp3) is 0.318. The van der Waals surface area contributed by atoms with Gasteiger partial charge in [0.2, 0.25) is 0 Å². The summed E-state index contributed by atoms with van der Waals surface area (Å²) in [5.41, 5.74) is 3.36. The molecule has 2 heterocycles. The maximum Gasteiger partial charge on any atom is 0.307 e. The summed E-state index contributed by atoms with van der Waals surface area (Å²) in [4.78, 5) is 17.2. The lowest BCUT2D eigenvalue weighted by Gasteiger charge is -2.33. The van der Waals surface area contributed by atoms with Gasteiger partial charge < -0.3 is 9.30 Å². The molecule has 1 N–H and O–H groups in total. The van der Waals surface area contributed by atoms with E-state index in [1.807, 2.05) is 36.4 Å². The van der Waals surface area contributed by atoms with Gasteiger partial charge >= 0.3 is 5.97 Å². The van der Waals surface area contributed by atoms with Crippen molar-refractivity contribution in [3.63, 3.8) is 0 Å². The summed E-state index contributed by atoms with van der Waals surface area (Å²) in [6, 6.07) is 11.5. The first-order valence-electron chi connectivity index (χ1n) is 9.46. The average Bonchev–Trinajstić information content (AvgIpc) is 3.28. The Morgan fingerprint density at radius 3 is 2.76 bits per heavy atom. The lowest BCUT2D eigenvalue weighted by atomic mass is 9.84. The van der Waals surface area contributed by atoms with Gasteiger partial charge in [-0.3, -0.25) is 9.89 Å². The largest absolute Gasteiger partial charge is 0.469 e. The van der Waals surface area contributed by atoms with E-state index in [0.717, 1.165) is 33.3 Å². The Morgan fingerprint density at radius 1 is 1.24 bits per heavy atom. The van der Waals surface area contributed by atoms with Crippen LogP contribution in [0.25, 0.3) is 33.3 Å². The summed E-state index contributed by atoms with van der Waals surface area (Å²) in [5.74, 6) is 0.520. The van der Waals surface area contributed by atoms with Crippen LogP contribution in [0.3, 0.4) is 0 Å². The van der Waals surface area contributed by atoms with Gasteiger partial charge in [-0.15, -0.1) is 0 Å². The van der Waals surface area contributed by atoms with Crippen molar-refractivity contribution < 1.29 is 9.53 Å². The number of halogens is 1. The SMILES string of the molecule is COC(=O)CC(n1c(-c2ccc3cn[nH]c3c2)nc2ccc(Cl)cc21)C(C)(C)C. The summed E-state index contributed by atoms with van der Waals surface area (Å²) in [7, 11) is 1.41. The Morgan fingerprint density at radius 2 is 2.03 bits per heavy atom. The third-order valence-corrected chi connectivity index (χ3v) is 5.49. The van der Waals surface area contributed by atoms with Crippen LogP contribution in [0.2, 0.25) is 5.02 Å². The topological polar surface area (TPSA) is 72.8 Å². The number of hydrogen-bond donors (Lipinski definition) is 1. The minimum Gasteiger partial charge on any atom is -0.469 e. The van der Waals surface area contributed by atoms with E-state index in [4.69, 9.17) is 21.3 Å². The summed E-state index contributed by atoms with van der Waals surface area (Å²) in [6.07, 6.45) is 2.02. The highest BCUT2D eigenvalue weighted by atomic mass is 35.5. The van der Waals surface area contributed by atoms with Crippen molar-refractivity contribution in [3.8, 4) is 11.4 Å². The van der Waals surface area contributed by atoms with Gasteiger partial charge in [-0.25, -0.2) is 4.98 Å². The van der Waals surface area contributed by atoms with Gasteiger partial charge in [-0.2, -0.15) is 5.10 Å². The number of benzene rings is 2. The first-order chi connectivity index (χ1) is 13.8. The van der Waals surface area contributed by atoms with Crippen LogP contribution in [-0.4, -0.2) is 32.8 Å². The van der Waals surface area contributed by atoms with Gasteiger partial charge in [-0.05, 0) is 29.7 Å². The van der Waals surface area contributed by atoms with E-state index in [9.17, 15) is 4.79 Å². The Balaban J connectivity index is 2.00. The molecule has 0 bridgehead atoms. The lowest BCUT2D eigenvalue weighted by Crippen LogP contribution is -2.28. The number of esters is 1.